The molecular weight excluding hydrogens is 345 g/mol. The van der Waals surface area contributed by atoms with Gasteiger partial charge in [-0.2, -0.15) is 0 Å². The van der Waals surface area contributed by atoms with Crippen LogP contribution in [-0.4, -0.2) is 41.2 Å². The quantitative estimate of drug-likeness (QED) is 0.876. The molecule has 1 unspecified atom stereocenters. The fraction of sp³-hybridized carbons (Fsp3) is 0.409. The van der Waals surface area contributed by atoms with Crippen molar-refractivity contribution in [3.8, 4) is 5.75 Å². The number of aliphatic hydroxyl groups is 1. The van der Waals surface area contributed by atoms with E-state index in [0.717, 1.165) is 23.3 Å². The van der Waals surface area contributed by atoms with Gasteiger partial charge in [-0.1, -0.05) is 18.2 Å². The van der Waals surface area contributed by atoms with Gasteiger partial charge in [0.05, 0.1) is 13.0 Å². The van der Waals surface area contributed by atoms with Gasteiger partial charge in [0.2, 0.25) is 5.91 Å². The van der Waals surface area contributed by atoms with Gasteiger partial charge in [-0.3, -0.25) is 4.79 Å². The van der Waals surface area contributed by atoms with Crippen LogP contribution < -0.4 is 4.74 Å². The summed E-state index contributed by atoms with van der Waals surface area (Å²) in [5.74, 6) is 0.342. The molecule has 144 valence electrons. The molecule has 1 aliphatic rings. The average Bonchev–Trinajstić information content (AvgIpc) is 2.65. The maximum Gasteiger partial charge on any atom is 0.227 e. The van der Waals surface area contributed by atoms with Crippen molar-refractivity contribution in [3.63, 3.8) is 0 Å². The Labute approximate surface area is 159 Å². The van der Waals surface area contributed by atoms with Crippen molar-refractivity contribution >= 4 is 5.91 Å². The standard InChI is InChI=1S/C22H26FNO3/c1-16-4-9-20(12-17(16)2)27-15-22(26)10-3-11-24(14-22)21(25)13-18-5-7-19(23)8-6-18/h4-9,12,26H,3,10-11,13-15H2,1-2H3. The first-order valence-corrected chi connectivity index (χ1v) is 9.29. The number of rotatable bonds is 5. The molecule has 1 amide bonds. The first-order chi connectivity index (χ1) is 12.8. The Morgan fingerprint density at radius 1 is 1.19 bits per heavy atom. The van der Waals surface area contributed by atoms with E-state index < -0.39 is 5.60 Å². The highest BCUT2D eigenvalue weighted by atomic mass is 19.1. The van der Waals surface area contributed by atoms with E-state index in [0.29, 0.717) is 13.0 Å². The second-order valence-electron chi connectivity index (χ2n) is 7.48. The van der Waals surface area contributed by atoms with Crippen LogP contribution in [0.1, 0.15) is 29.5 Å². The second-order valence-corrected chi connectivity index (χ2v) is 7.48. The van der Waals surface area contributed by atoms with E-state index in [1.54, 1.807) is 17.0 Å². The molecule has 4 nitrogen and oxygen atoms in total. The summed E-state index contributed by atoms with van der Waals surface area (Å²) < 4.78 is 18.8. The van der Waals surface area contributed by atoms with Crippen LogP contribution in [0.25, 0.3) is 0 Å². The summed E-state index contributed by atoms with van der Waals surface area (Å²) in [7, 11) is 0. The van der Waals surface area contributed by atoms with Gasteiger partial charge in [-0.05, 0) is 67.6 Å². The fourth-order valence-electron chi connectivity index (χ4n) is 3.35. The monoisotopic (exact) mass is 371 g/mol. The van der Waals surface area contributed by atoms with E-state index in [4.69, 9.17) is 4.74 Å². The lowest BCUT2D eigenvalue weighted by atomic mass is 9.93. The maximum atomic E-state index is 13.0. The Bertz CT molecular complexity index is 806. The lowest BCUT2D eigenvalue weighted by Gasteiger charge is -2.39. The third kappa shape index (κ3) is 5.07. The van der Waals surface area contributed by atoms with Crippen LogP contribution in [0.2, 0.25) is 0 Å². The number of hydrogen-bond donors (Lipinski definition) is 1. The molecule has 1 aliphatic heterocycles. The summed E-state index contributed by atoms with van der Waals surface area (Å²) in [6.45, 7) is 5.07. The molecule has 27 heavy (non-hydrogen) atoms. The van der Waals surface area contributed by atoms with Gasteiger partial charge < -0.3 is 14.7 Å². The van der Waals surface area contributed by atoms with Gasteiger partial charge >= 0.3 is 0 Å². The van der Waals surface area contributed by atoms with Crippen molar-refractivity contribution in [2.24, 2.45) is 0 Å². The molecule has 0 bridgehead atoms. The van der Waals surface area contributed by atoms with E-state index in [2.05, 4.69) is 0 Å². The van der Waals surface area contributed by atoms with Crippen LogP contribution in [0.15, 0.2) is 42.5 Å². The fourth-order valence-corrected chi connectivity index (χ4v) is 3.35. The minimum absolute atomic E-state index is 0.0640. The molecule has 2 aromatic rings. The van der Waals surface area contributed by atoms with Crippen LogP contribution in [0.3, 0.4) is 0 Å². The van der Waals surface area contributed by atoms with Crippen molar-refractivity contribution in [2.45, 2.75) is 38.7 Å². The van der Waals surface area contributed by atoms with Gasteiger partial charge in [0, 0.05) is 6.54 Å². The number of halogens is 1. The normalized spacial score (nSPS) is 19.8. The van der Waals surface area contributed by atoms with Crippen molar-refractivity contribution in [1.29, 1.82) is 0 Å². The first-order valence-electron chi connectivity index (χ1n) is 9.29. The third-order valence-corrected chi connectivity index (χ3v) is 5.16. The van der Waals surface area contributed by atoms with Crippen LogP contribution >= 0.6 is 0 Å². The number of nitrogens with zero attached hydrogens (tertiary/aromatic N) is 1. The average molecular weight is 371 g/mol. The molecule has 3 rings (SSSR count). The molecule has 0 radical (unpaired) electrons. The van der Waals surface area contributed by atoms with E-state index in [1.165, 1.54) is 17.7 Å². The van der Waals surface area contributed by atoms with Crippen molar-refractivity contribution in [3.05, 3.63) is 65.0 Å². The number of β-amino-alcohol motifs (C(OH)–C–C–N with tert-alkyl or cyclic N) is 1. The molecule has 1 N–H and O–H groups in total. The van der Waals surface area contributed by atoms with Crippen LogP contribution in [-0.2, 0) is 11.2 Å². The number of amides is 1. The Balaban J connectivity index is 1.59. The summed E-state index contributed by atoms with van der Waals surface area (Å²) in [4.78, 5) is 14.3. The number of carbonyl (C=O) groups is 1. The number of ether oxygens (including phenoxy) is 1. The van der Waals surface area contributed by atoms with Crippen LogP contribution in [0.5, 0.6) is 5.75 Å². The van der Waals surface area contributed by atoms with E-state index in [9.17, 15) is 14.3 Å². The molecule has 1 atom stereocenters. The number of carbonyl (C=O) groups excluding carboxylic acids is 1. The predicted octanol–water partition coefficient (Wildman–Crippen LogP) is 3.42. The zero-order chi connectivity index (χ0) is 19.4. The molecule has 1 heterocycles. The Hall–Kier alpha value is -2.40. The zero-order valence-corrected chi connectivity index (χ0v) is 15.9. The third-order valence-electron chi connectivity index (χ3n) is 5.16. The Kier molecular flexibility index (Phi) is 5.80. The summed E-state index contributed by atoms with van der Waals surface area (Å²) >= 11 is 0. The topological polar surface area (TPSA) is 49.8 Å². The lowest BCUT2D eigenvalue weighted by molar-refractivity contribution is -0.139. The number of piperidine rings is 1. The summed E-state index contributed by atoms with van der Waals surface area (Å²) in [6.07, 6.45) is 1.52. The highest BCUT2D eigenvalue weighted by molar-refractivity contribution is 5.79. The minimum atomic E-state index is -1.06. The molecule has 0 spiro atoms. The van der Waals surface area contributed by atoms with Crippen LogP contribution in [0.4, 0.5) is 4.39 Å². The molecule has 2 aromatic carbocycles. The van der Waals surface area contributed by atoms with E-state index >= 15 is 0 Å². The SMILES string of the molecule is Cc1ccc(OCC2(O)CCCN(C(=O)Cc3ccc(F)cc3)C2)cc1C. The maximum absolute atomic E-state index is 13.0. The summed E-state index contributed by atoms with van der Waals surface area (Å²) in [5, 5.41) is 10.9. The lowest BCUT2D eigenvalue weighted by Crippen LogP contribution is -2.53. The van der Waals surface area contributed by atoms with E-state index in [1.807, 2.05) is 32.0 Å². The van der Waals surface area contributed by atoms with Crippen molar-refractivity contribution in [2.75, 3.05) is 19.7 Å². The second kappa shape index (κ2) is 8.09. The van der Waals surface area contributed by atoms with Gasteiger partial charge in [0.1, 0.15) is 23.8 Å². The number of aryl methyl sites for hydroxylation is 2. The number of hydrogen-bond acceptors (Lipinski definition) is 3. The van der Waals surface area contributed by atoms with Crippen molar-refractivity contribution < 1.29 is 19.0 Å². The predicted molar refractivity (Wildman–Crippen MR) is 102 cm³/mol. The smallest absolute Gasteiger partial charge is 0.227 e. The molecule has 1 fully saturated rings. The number of benzene rings is 2. The highest BCUT2D eigenvalue weighted by Crippen LogP contribution is 2.24. The van der Waals surface area contributed by atoms with Gasteiger partial charge in [0.25, 0.3) is 0 Å². The van der Waals surface area contributed by atoms with Gasteiger partial charge in [-0.15, -0.1) is 0 Å². The zero-order valence-electron chi connectivity index (χ0n) is 15.9. The largest absolute Gasteiger partial charge is 0.491 e. The highest BCUT2D eigenvalue weighted by Gasteiger charge is 2.36. The van der Waals surface area contributed by atoms with Crippen molar-refractivity contribution in [1.82, 2.24) is 4.90 Å². The van der Waals surface area contributed by atoms with Gasteiger partial charge in [-0.25, -0.2) is 4.39 Å². The van der Waals surface area contributed by atoms with E-state index in [-0.39, 0.29) is 31.3 Å². The molecule has 5 heteroatoms. The van der Waals surface area contributed by atoms with Gasteiger partial charge in [0.15, 0.2) is 0 Å². The summed E-state index contributed by atoms with van der Waals surface area (Å²) in [5.41, 5.74) is 2.03. The first kappa shape index (κ1) is 19.4. The number of likely N-dealkylation sites (tertiary alicyclic amines) is 1. The molecule has 0 aromatic heterocycles. The minimum Gasteiger partial charge on any atom is -0.491 e. The molecule has 0 aliphatic carbocycles. The Morgan fingerprint density at radius 3 is 2.63 bits per heavy atom. The molecular formula is C22H26FNO3. The summed E-state index contributed by atoms with van der Waals surface area (Å²) in [6, 6.07) is 11.8. The molecule has 1 saturated heterocycles. The van der Waals surface area contributed by atoms with Crippen LogP contribution in [0, 0.1) is 19.7 Å². The Morgan fingerprint density at radius 2 is 1.93 bits per heavy atom. The molecule has 0 saturated carbocycles.